The van der Waals surface area contributed by atoms with Crippen molar-refractivity contribution in [2.75, 3.05) is 19.6 Å². The predicted octanol–water partition coefficient (Wildman–Crippen LogP) is 1.36. The maximum absolute atomic E-state index is 12.8. The van der Waals surface area contributed by atoms with E-state index in [9.17, 15) is 33.6 Å². The van der Waals surface area contributed by atoms with Gasteiger partial charge in [0.15, 0.2) is 0 Å². The van der Waals surface area contributed by atoms with Crippen molar-refractivity contribution < 1.29 is 38.4 Å². The molecule has 0 radical (unpaired) electrons. The van der Waals surface area contributed by atoms with E-state index in [1.807, 2.05) is 0 Å². The normalized spacial score (nSPS) is 19.8. The summed E-state index contributed by atoms with van der Waals surface area (Å²) in [5, 5.41) is 5.63. The monoisotopic (exact) mass is 521 g/mol. The Labute approximate surface area is 215 Å². The highest BCUT2D eigenvalue weighted by Gasteiger charge is 2.36. The molecule has 204 valence electrons. The first-order valence-corrected chi connectivity index (χ1v) is 13.0. The zero-order valence-corrected chi connectivity index (χ0v) is 21.0. The van der Waals surface area contributed by atoms with E-state index in [1.165, 1.54) is 4.90 Å². The number of amides is 8. The average molecular weight is 522 g/mol. The number of unbranched alkanes of at least 4 members (excludes halogenated alkanes) is 1. The molecule has 1 atom stereocenters. The van der Waals surface area contributed by atoms with Crippen LogP contribution >= 0.6 is 0 Å². The van der Waals surface area contributed by atoms with Crippen LogP contribution in [0.15, 0.2) is 0 Å². The molecule has 0 saturated carbocycles. The minimum atomic E-state index is -1.22. The molecule has 3 aliphatic heterocycles. The summed E-state index contributed by atoms with van der Waals surface area (Å²) in [6.07, 6.45) is 5.92. The van der Waals surface area contributed by atoms with E-state index < -0.39 is 35.9 Å². The number of carbonyl (C=O) groups excluding carboxylic acids is 7. The maximum Gasteiger partial charge on any atom is 0.355 e. The van der Waals surface area contributed by atoms with E-state index in [4.69, 9.17) is 4.84 Å². The first-order chi connectivity index (χ1) is 17.8. The summed E-state index contributed by atoms with van der Waals surface area (Å²) in [6.45, 7) is 0.858. The molecule has 13 heteroatoms. The molecule has 0 aliphatic carbocycles. The largest absolute Gasteiger partial charge is 0.355 e. The first kappa shape index (κ1) is 28.1. The van der Waals surface area contributed by atoms with E-state index in [0.29, 0.717) is 43.7 Å². The Morgan fingerprint density at radius 1 is 0.703 bits per heavy atom. The summed E-state index contributed by atoms with van der Waals surface area (Å²) in [4.78, 5) is 93.3. The Kier molecular flexibility index (Phi) is 10.4. The SMILES string of the molecule is O=C(ON1C(=O)CCC1=O)[C@H](CCCCNC(=O)N1CCCCCC1=O)NC(=O)N1CCCCCC1=O. The van der Waals surface area contributed by atoms with Crippen LogP contribution in [0.4, 0.5) is 9.59 Å². The van der Waals surface area contributed by atoms with Gasteiger partial charge in [0.2, 0.25) is 11.8 Å². The molecule has 3 rings (SSSR count). The molecule has 37 heavy (non-hydrogen) atoms. The number of hydrogen-bond acceptors (Lipinski definition) is 8. The summed E-state index contributed by atoms with van der Waals surface area (Å²) in [5.74, 6) is -2.81. The Morgan fingerprint density at radius 3 is 1.86 bits per heavy atom. The highest BCUT2D eigenvalue weighted by Crippen LogP contribution is 2.16. The van der Waals surface area contributed by atoms with Crippen LogP contribution in [0.1, 0.15) is 83.5 Å². The molecular formula is C24H35N5O8. The minimum Gasteiger partial charge on any atom is -0.338 e. The van der Waals surface area contributed by atoms with Gasteiger partial charge in [0, 0.05) is 45.3 Å². The lowest BCUT2D eigenvalue weighted by Gasteiger charge is -2.24. The average Bonchev–Trinajstić information content (AvgIpc) is 3.06. The Morgan fingerprint density at radius 2 is 1.27 bits per heavy atom. The smallest absolute Gasteiger partial charge is 0.338 e. The zero-order chi connectivity index (χ0) is 26.8. The van der Waals surface area contributed by atoms with Gasteiger partial charge in [-0.25, -0.2) is 14.4 Å². The number of urea groups is 2. The molecule has 0 aromatic rings. The first-order valence-electron chi connectivity index (χ1n) is 13.0. The second-order valence-corrected chi connectivity index (χ2v) is 9.43. The van der Waals surface area contributed by atoms with Crippen molar-refractivity contribution in [3.63, 3.8) is 0 Å². The second-order valence-electron chi connectivity index (χ2n) is 9.43. The molecule has 13 nitrogen and oxygen atoms in total. The molecule has 3 heterocycles. The van der Waals surface area contributed by atoms with Gasteiger partial charge in [-0.05, 0) is 44.9 Å². The van der Waals surface area contributed by atoms with Gasteiger partial charge in [0.05, 0.1) is 0 Å². The van der Waals surface area contributed by atoms with Gasteiger partial charge >= 0.3 is 18.0 Å². The molecule has 0 spiro atoms. The number of nitrogens with one attached hydrogen (secondary N) is 2. The number of nitrogens with zero attached hydrogens (tertiary/aromatic N) is 3. The third-order valence-corrected chi connectivity index (χ3v) is 6.60. The number of likely N-dealkylation sites (tertiary alicyclic amines) is 2. The van der Waals surface area contributed by atoms with Gasteiger partial charge in [0.25, 0.3) is 11.8 Å². The number of hydrogen-bond donors (Lipinski definition) is 2. The summed E-state index contributed by atoms with van der Waals surface area (Å²) in [5.41, 5.74) is 0. The molecule has 0 unspecified atom stereocenters. The fourth-order valence-corrected chi connectivity index (χ4v) is 4.45. The lowest BCUT2D eigenvalue weighted by Crippen LogP contribution is -2.51. The van der Waals surface area contributed by atoms with Crippen LogP contribution in [-0.2, 0) is 28.8 Å². The van der Waals surface area contributed by atoms with Gasteiger partial charge in [-0.2, -0.15) is 0 Å². The number of imide groups is 3. The number of carbonyl (C=O) groups is 7. The molecule has 0 bridgehead atoms. The minimum absolute atomic E-state index is 0.0648. The lowest BCUT2D eigenvalue weighted by atomic mass is 10.1. The Balaban J connectivity index is 1.54. The summed E-state index contributed by atoms with van der Waals surface area (Å²) in [7, 11) is 0. The third kappa shape index (κ3) is 7.99. The van der Waals surface area contributed by atoms with E-state index >= 15 is 0 Å². The van der Waals surface area contributed by atoms with Crippen molar-refractivity contribution in [3.05, 3.63) is 0 Å². The van der Waals surface area contributed by atoms with E-state index in [-0.39, 0.29) is 50.6 Å². The molecular weight excluding hydrogens is 486 g/mol. The Bertz CT molecular complexity index is 907. The summed E-state index contributed by atoms with van der Waals surface area (Å²) < 4.78 is 0. The molecule has 0 aromatic heterocycles. The molecule has 3 saturated heterocycles. The van der Waals surface area contributed by atoms with Crippen LogP contribution in [0.5, 0.6) is 0 Å². The van der Waals surface area contributed by atoms with Gasteiger partial charge in [0.1, 0.15) is 6.04 Å². The fourth-order valence-electron chi connectivity index (χ4n) is 4.45. The van der Waals surface area contributed by atoms with Gasteiger partial charge in [-0.1, -0.05) is 12.8 Å². The quantitative estimate of drug-likeness (QED) is 0.357. The van der Waals surface area contributed by atoms with Crippen LogP contribution in [-0.4, -0.2) is 82.2 Å². The topological polar surface area (TPSA) is 162 Å². The molecule has 0 aromatic carbocycles. The second kappa shape index (κ2) is 13.7. The van der Waals surface area contributed by atoms with Crippen molar-refractivity contribution in [1.29, 1.82) is 0 Å². The summed E-state index contributed by atoms with van der Waals surface area (Å²) >= 11 is 0. The van der Waals surface area contributed by atoms with Crippen molar-refractivity contribution in [2.45, 2.75) is 89.5 Å². The van der Waals surface area contributed by atoms with Crippen molar-refractivity contribution in [3.8, 4) is 0 Å². The zero-order valence-electron chi connectivity index (χ0n) is 21.0. The third-order valence-electron chi connectivity index (χ3n) is 6.60. The predicted molar refractivity (Wildman–Crippen MR) is 127 cm³/mol. The molecule has 3 fully saturated rings. The Hall–Kier alpha value is -3.51. The van der Waals surface area contributed by atoms with E-state index in [2.05, 4.69) is 10.6 Å². The molecule has 3 aliphatic rings. The highest BCUT2D eigenvalue weighted by atomic mass is 16.7. The molecule has 8 amide bonds. The van der Waals surface area contributed by atoms with Crippen LogP contribution in [0, 0.1) is 0 Å². The maximum atomic E-state index is 12.8. The van der Waals surface area contributed by atoms with Crippen molar-refractivity contribution in [1.82, 2.24) is 25.5 Å². The number of rotatable bonds is 8. The molecule has 2 N–H and O–H groups in total. The summed E-state index contributed by atoms with van der Waals surface area (Å²) in [6, 6.07) is -2.41. The lowest BCUT2D eigenvalue weighted by molar-refractivity contribution is -0.199. The fraction of sp³-hybridized carbons (Fsp3) is 0.708. The van der Waals surface area contributed by atoms with Crippen LogP contribution in [0.2, 0.25) is 0 Å². The highest BCUT2D eigenvalue weighted by molar-refractivity contribution is 6.02. The van der Waals surface area contributed by atoms with Gasteiger partial charge < -0.3 is 15.5 Å². The van der Waals surface area contributed by atoms with Crippen LogP contribution in [0.3, 0.4) is 0 Å². The van der Waals surface area contributed by atoms with Crippen LogP contribution < -0.4 is 10.6 Å². The number of hydroxylamine groups is 2. The van der Waals surface area contributed by atoms with Crippen molar-refractivity contribution in [2.24, 2.45) is 0 Å². The standard InChI is InChI=1S/C24H35N5O8/c30-18-10-3-1-7-15-27(18)23(35)25-14-6-5-9-17(22(34)37-29-20(32)12-13-21(29)33)26-24(36)28-16-8-2-4-11-19(28)31/h17H,1-16H2,(H,25,35)(H,26,36)/t17-/m0/s1. The van der Waals surface area contributed by atoms with E-state index in [1.54, 1.807) is 0 Å². The van der Waals surface area contributed by atoms with Gasteiger partial charge in [-0.3, -0.25) is 29.0 Å². The van der Waals surface area contributed by atoms with E-state index in [0.717, 1.165) is 30.6 Å². The van der Waals surface area contributed by atoms with Crippen molar-refractivity contribution >= 4 is 41.7 Å². The van der Waals surface area contributed by atoms with Gasteiger partial charge in [-0.15, -0.1) is 5.06 Å². The van der Waals surface area contributed by atoms with Crippen LogP contribution in [0.25, 0.3) is 0 Å².